The van der Waals surface area contributed by atoms with Gasteiger partial charge in [0.25, 0.3) is 0 Å². The molecule has 16 heavy (non-hydrogen) atoms. The largest absolute Gasteiger partial charge is 0.452 e. The molecule has 0 radical (unpaired) electrons. The minimum Gasteiger partial charge on any atom is -0.452 e. The third-order valence-corrected chi connectivity index (χ3v) is 3.49. The number of nitrogens with one attached hydrogen (secondary N) is 2. The molecule has 0 aromatic rings. The van der Waals surface area contributed by atoms with Crippen LogP contribution in [0.2, 0.25) is 0 Å². The van der Waals surface area contributed by atoms with E-state index in [-0.39, 0.29) is 0 Å². The van der Waals surface area contributed by atoms with Gasteiger partial charge in [0.15, 0.2) is 0 Å². The number of aliphatic hydroxyl groups excluding tert-OH is 1. The lowest BCUT2D eigenvalue weighted by Crippen LogP contribution is -2.50. The van der Waals surface area contributed by atoms with Crippen LogP contribution >= 0.6 is 0 Å². The first-order valence-electron chi connectivity index (χ1n) is 5.00. The predicted molar refractivity (Wildman–Crippen MR) is 55.9 cm³/mol. The van der Waals surface area contributed by atoms with Crippen molar-refractivity contribution in [1.29, 1.82) is 0 Å². The lowest BCUT2D eigenvalue weighted by molar-refractivity contribution is 0.101. The van der Waals surface area contributed by atoms with Crippen molar-refractivity contribution >= 4 is 16.3 Å². The molecule has 2 unspecified atom stereocenters. The van der Waals surface area contributed by atoms with Gasteiger partial charge in [0.05, 0.1) is 13.2 Å². The van der Waals surface area contributed by atoms with E-state index in [9.17, 15) is 18.3 Å². The van der Waals surface area contributed by atoms with E-state index in [4.69, 9.17) is 0 Å². The van der Waals surface area contributed by atoms with Crippen LogP contribution in [0.4, 0.5) is 4.79 Å². The average Bonchev–Trinajstić information content (AvgIpc) is 2.20. The van der Waals surface area contributed by atoms with Gasteiger partial charge in [-0.3, -0.25) is 0 Å². The summed E-state index contributed by atoms with van der Waals surface area (Å²) in [6.07, 6.45) is 1.08. The zero-order chi connectivity index (χ0) is 12.2. The Kier molecular flexibility index (Phi) is 4.51. The SMILES string of the molecule is COC(=O)NS(=O)(=O)NC1CCCCC1O. The molecule has 0 bridgehead atoms. The van der Waals surface area contributed by atoms with E-state index in [0.29, 0.717) is 12.8 Å². The molecular weight excluding hydrogens is 236 g/mol. The van der Waals surface area contributed by atoms with Crippen molar-refractivity contribution in [3.05, 3.63) is 0 Å². The first-order valence-corrected chi connectivity index (χ1v) is 6.49. The molecule has 1 rings (SSSR count). The van der Waals surface area contributed by atoms with Crippen molar-refractivity contribution in [3.8, 4) is 0 Å². The second-order valence-corrected chi connectivity index (χ2v) is 5.12. The molecule has 0 spiro atoms. The second-order valence-electron chi connectivity index (χ2n) is 3.67. The highest BCUT2D eigenvalue weighted by Crippen LogP contribution is 2.18. The summed E-state index contributed by atoms with van der Waals surface area (Å²) in [6.45, 7) is 0. The van der Waals surface area contributed by atoms with Gasteiger partial charge in [-0.2, -0.15) is 13.1 Å². The zero-order valence-corrected chi connectivity index (χ0v) is 9.79. The van der Waals surface area contributed by atoms with Crippen LogP contribution in [0.3, 0.4) is 0 Å². The summed E-state index contributed by atoms with van der Waals surface area (Å²) in [6, 6.07) is -0.545. The van der Waals surface area contributed by atoms with Gasteiger partial charge < -0.3 is 9.84 Å². The molecule has 7 nitrogen and oxygen atoms in total. The molecule has 0 aromatic carbocycles. The molecule has 8 heteroatoms. The van der Waals surface area contributed by atoms with Crippen LogP contribution in [-0.2, 0) is 14.9 Å². The Morgan fingerprint density at radius 3 is 2.56 bits per heavy atom. The van der Waals surface area contributed by atoms with Crippen LogP contribution in [0.25, 0.3) is 0 Å². The Hall–Kier alpha value is -0.860. The van der Waals surface area contributed by atoms with E-state index in [2.05, 4.69) is 9.46 Å². The van der Waals surface area contributed by atoms with Crippen molar-refractivity contribution in [2.75, 3.05) is 7.11 Å². The number of hydrogen-bond donors (Lipinski definition) is 3. The molecule has 1 fully saturated rings. The topological polar surface area (TPSA) is 105 Å². The molecule has 0 aliphatic heterocycles. The van der Waals surface area contributed by atoms with Gasteiger partial charge in [-0.1, -0.05) is 12.8 Å². The summed E-state index contributed by atoms with van der Waals surface area (Å²) >= 11 is 0. The summed E-state index contributed by atoms with van der Waals surface area (Å²) in [5.74, 6) is 0. The number of amides is 1. The summed E-state index contributed by atoms with van der Waals surface area (Å²) in [5, 5.41) is 9.55. The molecule has 3 N–H and O–H groups in total. The predicted octanol–water partition coefficient (Wildman–Crippen LogP) is -0.520. The second kappa shape index (κ2) is 5.46. The van der Waals surface area contributed by atoms with E-state index in [1.54, 1.807) is 4.72 Å². The minimum atomic E-state index is -3.96. The van der Waals surface area contributed by atoms with Crippen LogP contribution in [0.1, 0.15) is 25.7 Å². The third kappa shape index (κ3) is 3.95. The Balaban J connectivity index is 2.54. The summed E-state index contributed by atoms with van der Waals surface area (Å²) < 4.78 is 30.8. The van der Waals surface area contributed by atoms with Gasteiger partial charge in [0.2, 0.25) is 0 Å². The van der Waals surface area contributed by atoms with Gasteiger partial charge in [0, 0.05) is 6.04 Å². The summed E-state index contributed by atoms with van der Waals surface area (Å²) in [4.78, 5) is 10.7. The lowest BCUT2D eigenvalue weighted by Gasteiger charge is -2.27. The van der Waals surface area contributed by atoms with E-state index < -0.39 is 28.4 Å². The molecule has 94 valence electrons. The quantitative estimate of drug-likeness (QED) is 0.627. The Bertz CT molecular complexity index is 342. The number of ether oxygens (including phenoxy) is 1. The number of hydrogen-bond acceptors (Lipinski definition) is 5. The van der Waals surface area contributed by atoms with E-state index in [1.165, 1.54) is 0 Å². The number of carbonyl (C=O) groups is 1. The fourth-order valence-corrected chi connectivity index (χ4v) is 2.66. The Morgan fingerprint density at radius 2 is 2.00 bits per heavy atom. The molecule has 0 aromatic heterocycles. The standard InChI is InChI=1S/C8H16N2O5S/c1-15-8(12)10-16(13,14)9-6-4-2-3-5-7(6)11/h6-7,9,11H,2-5H2,1H3,(H,10,12). The number of methoxy groups -OCH3 is 1. The van der Waals surface area contributed by atoms with Crippen LogP contribution in [0.15, 0.2) is 0 Å². The third-order valence-electron chi connectivity index (χ3n) is 2.44. The minimum absolute atomic E-state index is 0.545. The van der Waals surface area contributed by atoms with Crippen molar-refractivity contribution in [3.63, 3.8) is 0 Å². The van der Waals surface area contributed by atoms with Crippen molar-refractivity contribution in [2.45, 2.75) is 37.8 Å². The fraction of sp³-hybridized carbons (Fsp3) is 0.875. The Labute approximate surface area is 94.4 Å². The van der Waals surface area contributed by atoms with Gasteiger partial charge in [0.1, 0.15) is 0 Å². The smallest absolute Gasteiger partial charge is 0.421 e. The van der Waals surface area contributed by atoms with Crippen LogP contribution in [-0.4, -0.2) is 38.9 Å². The molecule has 1 aliphatic rings. The van der Waals surface area contributed by atoms with Crippen LogP contribution < -0.4 is 9.44 Å². The Morgan fingerprint density at radius 1 is 1.38 bits per heavy atom. The van der Waals surface area contributed by atoms with Gasteiger partial charge >= 0.3 is 16.3 Å². The lowest BCUT2D eigenvalue weighted by atomic mass is 9.93. The highest BCUT2D eigenvalue weighted by Gasteiger charge is 2.28. The van der Waals surface area contributed by atoms with Crippen LogP contribution in [0, 0.1) is 0 Å². The van der Waals surface area contributed by atoms with E-state index >= 15 is 0 Å². The zero-order valence-electron chi connectivity index (χ0n) is 8.97. The normalized spacial score (nSPS) is 26.1. The molecule has 1 amide bonds. The fourth-order valence-electron chi connectivity index (χ4n) is 1.63. The highest BCUT2D eigenvalue weighted by molar-refractivity contribution is 7.88. The number of carbonyl (C=O) groups excluding carboxylic acids is 1. The number of aliphatic hydroxyl groups is 1. The molecule has 0 heterocycles. The maximum atomic E-state index is 11.4. The first kappa shape index (κ1) is 13.2. The average molecular weight is 252 g/mol. The molecule has 1 aliphatic carbocycles. The van der Waals surface area contributed by atoms with Crippen molar-refractivity contribution in [1.82, 2.24) is 9.44 Å². The van der Waals surface area contributed by atoms with Gasteiger partial charge in [-0.25, -0.2) is 9.52 Å². The molecule has 1 saturated carbocycles. The molecule has 0 saturated heterocycles. The molecular formula is C8H16N2O5S. The highest BCUT2D eigenvalue weighted by atomic mass is 32.2. The van der Waals surface area contributed by atoms with Crippen molar-refractivity contribution in [2.24, 2.45) is 0 Å². The maximum Gasteiger partial charge on any atom is 0.421 e. The summed E-state index contributed by atoms with van der Waals surface area (Å²) in [5.41, 5.74) is 0. The number of rotatable bonds is 3. The van der Waals surface area contributed by atoms with E-state index in [0.717, 1.165) is 20.0 Å². The monoisotopic (exact) mass is 252 g/mol. The molecule has 2 atom stereocenters. The van der Waals surface area contributed by atoms with Gasteiger partial charge in [-0.05, 0) is 12.8 Å². The van der Waals surface area contributed by atoms with E-state index in [1.807, 2.05) is 0 Å². The first-order chi connectivity index (χ1) is 7.44. The van der Waals surface area contributed by atoms with Crippen molar-refractivity contribution < 1.29 is 23.1 Å². The maximum absolute atomic E-state index is 11.4. The summed E-state index contributed by atoms with van der Waals surface area (Å²) in [7, 11) is -2.89. The van der Waals surface area contributed by atoms with Crippen LogP contribution in [0.5, 0.6) is 0 Å². The van der Waals surface area contributed by atoms with Gasteiger partial charge in [-0.15, -0.1) is 0 Å².